The summed E-state index contributed by atoms with van der Waals surface area (Å²) in [7, 11) is 3.64. The minimum Gasteiger partial charge on any atom is -0.495 e. The van der Waals surface area contributed by atoms with E-state index in [4.69, 9.17) is 9.47 Å². The molecule has 0 saturated carbocycles. The van der Waals surface area contributed by atoms with Crippen LogP contribution in [0.15, 0.2) is 30.6 Å². The molecule has 1 N–H and O–H groups in total. The maximum atomic E-state index is 5.81. The van der Waals surface area contributed by atoms with E-state index < -0.39 is 0 Å². The Bertz CT molecular complexity index is 726. The molecule has 1 saturated heterocycles. The van der Waals surface area contributed by atoms with Crippen molar-refractivity contribution in [3.05, 3.63) is 36.2 Å². The van der Waals surface area contributed by atoms with Crippen molar-refractivity contribution in [2.24, 2.45) is 7.05 Å². The maximum Gasteiger partial charge on any atom is 0.144 e. The molecule has 136 valence electrons. The number of aryl methyl sites for hydroxylation is 1. The molecule has 0 spiro atoms. The van der Waals surface area contributed by atoms with Crippen LogP contribution in [0.25, 0.3) is 0 Å². The lowest BCUT2D eigenvalue weighted by molar-refractivity contribution is -0.0277. The van der Waals surface area contributed by atoms with Crippen molar-refractivity contribution in [2.75, 3.05) is 37.0 Å². The largest absolute Gasteiger partial charge is 0.495 e. The Hall–Kier alpha value is -2.21. The summed E-state index contributed by atoms with van der Waals surface area (Å²) in [6.45, 7) is 8.88. The van der Waals surface area contributed by atoms with Gasteiger partial charge in [0.1, 0.15) is 5.75 Å². The first-order valence-electron chi connectivity index (χ1n) is 8.70. The summed E-state index contributed by atoms with van der Waals surface area (Å²) in [6.07, 6.45) is 3.91. The predicted molar refractivity (Wildman–Crippen MR) is 100 cm³/mol. The van der Waals surface area contributed by atoms with Crippen LogP contribution in [-0.4, -0.2) is 42.2 Å². The summed E-state index contributed by atoms with van der Waals surface area (Å²) in [5.74, 6) is 0.845. The highest BCUT2D eigenvalue weighted by molar-refractivity contribution is 5.65. The molecule has 2 aromatic rings. The van der Waals surface area contributed by atoms with Crippen molar-refractivity contribution in [1.82, 2.24) is 9.78 Å². The molecular weight excluding hydrogens is 316 g/mol. The summed E-state index contributed by atoms with van der Waals surface area (Å²) in [6, 6.07) is 6.47. The zero-order chi connectivity index (χ0) is 18.0. The highest BCUT2D eigenvalue weighted by atomic mass is 16.5. The minimum atomic E-state index is -0.128. The molecule has 1 aromatic carbocycles. The number of benzene rings is 1. The maximum absolute atomic E-state index is 5.81. The molecule has 2 heterocycles. The van der Waals surface area contributed by atoms with Gasteiger partial charge in [-0.1, -0.05) is 0 Å². The molecule has 1 aliphatic heterocycles. The van der Waals surface area contributed by atoms with Gasteiger partial charge in [0, 0.05) is 43.7 Å². The van der Waals surface area contributed by atoms with Crippen LogP contribution in [0.2, 0.25) is 0 Å². The number of nitrogens with one attached hydrogen (secondary N) is 1. The fourth-order valence-corrected chi connectivity index (χ4v) is 3.21. The first-order chi connectivity index (χ1) is 11.9. The molecule has 1 atom stereocenters. The molecule has 1 aromatic heterocycles. The predicted octanol–water partition coefficient (Wildman–Crippen LogP) is 3.22. The fraction of sp³-hybridized carbons (Fsp3) is 0.526. The van der Waals surface area contributed by atoms with Crippen molar-refractivity contribution in [3.63, 3.8) is 0 Å². The second-order valence-corrected chi connectivity index (χ2v) is 7.23. The molecule has 6 heteroatoms. The van der Waals surface area contributed by atoms with Crippen molar-refractivity contribution in [2.45, 2.75) is 32.4 Å². The number of ether oxygens (including phenoxy) is 2. The first-order valence-corrected chi connectivity index (χ1v) is 8.70. The average Bonchev–Trinajstić information content (AvgIpc) is 3.01. The zero-order valence-corrected chi connectivity index (χ0v) is 15.7. The molecule has 1 aliphatic rings. The Morgan fingerprint density at radius 2 is 2.16 bits per heavy atom. The number of hydrogen-bond donors (Lipinski definition) is 1. The normalized spacial score (nSPS) is 18.0. The Morgan fingerprint density at radius 1 is 1.36 bits per heavy atom. The number of hydrogen-bond acceptors (Lipinski definition) is 5. The third kappa shape index (κ3) is 4.07. The first kappa shape index (κ1) is 17.6. The van der Waals surface area contributed by atoms with Gasteiger partial charge in [-0.25, -0.2) is 0 Å². The van der Waals surface area contributed by atoms with Gasteiger partial charge in [-0.15, -0.1) is 0 Å². The van der Waals surface area contributed by atoms with Crippen LogP contribution < -0.4 is 15.0 Å². The lowest BCUT2D eigenvalue weighted by atomic mass is 10.1. The van der Waals surface area contributed by atoms with E-state index in [0.717, 1.165) is 42.4 Å². The zero-order valence-electron chi connectivity index (χ0n) is 15.7. The number of morpholine rings is 1. The molecule has 25 heavy (non-hydrogen) atoms. The van der Waals surface area contributed by atoms with Gasteiger partial charge < -0.3 is 19.7 Å². The number of anilines is 2. The second-order valence-electron chi connectivity index (χ2n) is 7.23. The molecule has 1 unspecified atom stereocenters. The Balaban J connectivity index is 1.77. The van der Waals surface area contributed by atoms with Crippen LogP contribution in [0.5, 0.6) is 5.75 Å². The number of nitrogens with zero attached hydrogens (tertiary/aromatic N) is 3. The van der Waals surface area contributed by atoms with E-state index in [1.165, 1.54) is 0 Å². The second kappa shape index (κ2) is 6.96. The Morgan fingerprint density at radius 3 is 2.80 bits per heavy atom. The van der Waals surface area contributed by atoms with Crippen LogP contribution >= 0.6 is 0 Å². The molecule has 3 rings (SSSR count). The number of aromatic nitrogens is 2. The van der Waals surface area contributed by atoms with E-state index in [9.17, 15) is 0 Å². The highest BCUT2D eigenvalue weighted by Gasteiger charge is 2.27. The minimum absolute atomic E-state index is 0.128. The molecule has 0 amide bonds. The summed E-state index contributed by atoms with van der Waals surface area (Å²) in [4.78, 5) is 2.35. The highest BCUT2D eigenvalue weighted by Crippen LogP contribution is 2.33. The summed E-state index contributed by atoms with van der Waals surface area (Å²) in [5.41, 5.74) is 3.16. The van der Waals surface area contributed by atoms with Crippen LogP contribution in [0.1, 0.15) is 32.4 Å². The molecular formula is C19H28N4O2. The van der Waals surface area contributed by atoms with E-state index >= 15 is 0 Å². The van der Waals surface area contributed by atoms with Crippen LogP contribution in [0.4, 0.5) is 11.4 Å². The van der Waals surface area contributed by atoms with Gasteiger partial charge in [-0.3, -0.25) is 4.68 Å². The molecule has 0 bridgehead atoms. The van der Waals surface area contributed by atoms with Crippen LogP contribution in [-0.2, 0) is 11.8 Å². The van der Waals surface area contributed by atoms with Crippen molar-refractivity contribution in [3.8, 4) is 5.75 Å². The van der Waals surface area contributed by atoms with E-state index in [0.29, 0.717) is 0 Å². The van der Waals surface area contributed by atoms with Crippen LogP contribution in [0, 0.1) is 0 Å². The van der Waals surface area contributed by atoms with Crippen molar-refractivity contribution in [1.29, 1.82) is 0 Å². The van der Waals surface area contributed by atoms with E-state index in [1.54, 1.807) is 7.11 Å². The summed E-state index contributed by atoms with van der Waals surface area (Å²) >= 11 is 0. The average molecular weight is 344 g/mol. The topological polar surface area (TPSA) is 51.6 Å². The molecule has 0 aliphatic carbocycles. The molecule has 1 fully saturated rings. The number of methoxy groups -OCH3 is 1. The van der Waals surface area contributed by atoms with Gasteiger partial charge in [0.25, 0.3) is 0 Å². The lowest BCUT2D eigenvalue weighted by Crippen LogP contribution is -2.48. The Kier molecular flexibility index (Phi) is 4.90. The summed E-state index contributed by atoms with van der Waals surface area (Å²) in [5, 5.41) is 7.75. The summed E-state index contributed by atoms with van der Waals surface area (Å²) < 4.78 is 13.3. The SMILES string of the molecule is COc1cc(N2CCOC(C)(C)C2)ccc1NC(C)c1cnn(C)c1. The molecule has 0 radical (unpaired) electrons. The lowest BCUT2D eigenvalue weighted by Gasteiger charge is -2.39. The van der Waals surface area contributed by atoms with Gasteiger partial charge >= 0.3 is 0 Å². The fourth-order valence-electron chi connectivity index (χ4n) is 3.21. The van der Waals surface area contributed by atoms with E-state index in [1.807, 2.05) is 24.1 Å². The van der Waals surface area contributed by atoms with Crippen LogP contribution in [0.3, 0.4) is 0 Å². The monoisotopic (exact) mass is 344 g/mol. The third-order valence-electron chi connectivity index (χ3n) is 4.57. The van der Waals surface area contributed by atoms with Gasteiger partial charge in [0.2, 0.25) is 0 Å². The van der Waals surface area contributed by atoms with Gasteiger partial charge in [-0.2, -0.15) is 5.10 Å². The van der Waals surface area contributed by atoms with Crippen molar-refractivity contribution >= 4 is 11.4 Å². The van der Waals surface area contributed by atoms with Gasteiger partial charge in [0.15, 0.2) is 0 Å². The van der Waals surface area contributed by atoms with E-state index in [-0.39, 0.29) is 11.6 Å². The van der Waals surface area contributed by atoms with Crippen molar-refractivity contribution < 1.29 is 9.47 Å². The van der Waals surface area contributed by atoms with E-state index in [2.05, 4.69) is 54.3 Å². The molecule has 6 nitrogen and oxygen atoms in total. The quantitative estimate of drug-likeness (QED) is 0.902. The van der Waals surface area contributed by atoms with Gasteiger partial charge in [-0.05, 0) is 32.9 Å². The smallest absolute Gasteiger partial charge is 0.144 e. The standard InChI is InChI=1S/C19H28N4O2/c1-14(15-11-20-22(4)12-15)21-17-7-6-16(10-18(17)24-5)23-8-9-25-19(2,3)13-23/h6-7,10-12,14,21H,8-9,13H2,1-5H3. The number of rotatable bonds is 5. The van der Waals surface area contributed by atoms with Gasteiger partial charge in [0.05, 0.1) is 37.2 Å². The Labute approximate surface area is 149 Å². The third-order valence-corrected chi connectivity index (χ3v) is 4.57.